The van der Waals surface area contributed by atoms with E-state index in [2.05, 4.69) is 4.74 Å². The van der Waals surface area contributed by atoms with Crippen molar-refractivity contribution in [1.82, 2.24) is 0 Å². The van der Waals surface area contributed by atoms with Crippen molar-refractivity contribution in [3.8, 4) is 0 Å². The molecule has 0 bridgehead atoms. The van der Waals surface area contributed by atoms with Crippen molar-refractivity contribution in [2.75, 3.05) is 6.67 Å². The first-order valence-electron chi connectivity index (χ1n) is 3.42. The van der Waals surface area contributed by atoms with Gasteiger partial charge in [0.25, 0.3) is 0 Å². The fraction of sp³-hybridized carbons (Fsp3) is 1.00. The molecule has 1 heterocycles. The third-order valence-corrected chi connectivity index (χ3v) is 1.73. The average Bonchev–Trinajstić information content (AvgIpc) is 2.19. The molecule has 1 aliphatic heterocycles. The van der Waals surface area contributed by atoms with Gasteiger partial charge in [-0.25, -0.2) is 0 Å². The molecule has 0 amide bonds. The quantitative estimate of drug-likeness (QED) is 0.481. The second kappa shape index (κ2) is 3.44. The van der Waals surface area contributed by atoms with E-state index in [0.717, 1.165) is 0 Å². The summed E-state index contributed by atoms with van der Waals surface area (Å²) in [6.07, 6.45) is -4.67. The fourth-order valence-corrected chi connectivity index (χ4v) is 1.08. The molecule has 0 aromatic heterocycles. The summed E-state index contributed by atoms with van der Waals surface area (Å²) in [6.45, 7) is -0.638. The number of aliphatic hydroxyl groups excluding tert-OH is 3. The third-order valence-electron chi connectivity index (χ3n) is 1.73. The average molecular weight is 166 g/mol. The Labute approximate surface area is 63.2 Å². The molecule has 66 valence electrons. The van der Waals surface area contributed by atoms with Crippen molar-refractivity contribution < 1.29 is 24.4 Å². The maximum atomic E-state index is 11.7. The minimum Gasteiger partial charge on any atom is -0.387 e. The van der Waals surface area contributed by atoms with E-state index in [1.165, 1.54) is 0 Å². The zero-order chi connectivity index (χ0) is 8.43. The maximum Gasteiger partial charge on any atom is 0.183 e. The van der Waals surface area contributed by atoms with Gasteiger partial charge in [-0.15, -0.1) is 0 Å². The minimum absolute atomic E-state index is 0.00468. The minimum atomic E-state index is -1.39. The predicted octanol–water partition coefficient (Wildman–Crippen LogP) is -1.21. The summed E-state index contributed by atoms with van der Waals surface area (Å²) in [5, 5.41) is 26.8. The van der Waals surface area contributed by atoms with Crippen LogP contribution < -0.4 is 0 Å². The molecule has 0 aromatic carbocycles. The molecule has 1 saturated heterocycles. The summed E-state index contributed by atoms with van der Waals surface area (Å²) in [5.41, 5.74) is 0. The van der Waals surface area contributed by atoms with Gasteiger partial charge < -0.3 is 20.1 Å². The molecule has 5 heteroatoms. The van der Waals surface area contributed by atoms with Crippen LogP contribution in [0, 0.1) is 0 Å². The molecule has 1 rings (SSSR count). The normalized spacial score (nSPS) is 44.7. The molecule has 1 fully saturated rings. The highest BCUT2D eigenvalue weighted by atomic mass is 19.1. The zero-order valence-corrected chi connectivity index (χ0v) is 5.85. The number of hydrogen-bond donors (Lipinski definition) is 3. The maximum absolute atomic E-state index is 11.7. The van der Waals surface area contributed by atoms with E-state index < -0.39 is 31.3 Å². The van der Waals surface area contributed by atoms with Gasteiger partial charge in [-0.2, -0.15) is 0 Å². The van der Waals surface area contributed by atoms with Crippen molar-refractivity contribution >= 4 is 0 Å². The first kappa shape index (κ1) is 8.86. The topological polar surface area (TPSA) is 69.9 Å². The predicted molar refractivity (Wildman–Crippen MR) is 33.5 cm³/mol. The molecule has 0 spiro atoms. The van der Waals surface area contributed by atoms with Gasteiger partial charge in [-0.3, -0.25) is 4.39 Å². The molecule has 0 radical (unpaired) electrons. The van der Waals surface area contributed by atoms with E-state index in [9.17, 15) is 4.39 Å². The largest absolute Gasteiger partial charge is 0.387 e. The van der Waals surface area contributed by atoms with Crippen LogP contribution in [0.4, 0.5) is 4.39 Å². The Balaban J connectivity index is 2.45. The summed E-state index contributed by atoms with van der Waals surface area (Å²) in [7, 11) is 0. The van der Waals surface area contributed by atoms with Gasteiger partial charge in [0, 0.05) is 6.42 Å². The summed E-state index contributed by atoms with van der Waals surface area (Å²) in [4.78, 5) is 0. The van der Waals surface area contributed by atoms with Crippen molar-refractivity contribution in [2.24, 2.45) is 0 Å². The monoisotopic (exact) mass is 166 g/mol. The Morgan fingerprint density at radius 3 is 2.18 bits per heavy atom. The van der Waals surface area contributed by atoms with Crippen LogP contribution in [0.1, 0.15) is 6.42 Å². The van der Waals surface area contributed by atoms with E-state index in [0.29, 0.717) is 0 Å². The van der Waals surface area contributed by atoms with Crippen LogP contribution >= 0.6 is 0 Å². The van der Waals surface area contributed by atoms with Crippen molar-refractivity contribution in [3.05, 3.63) is 0 Å². The molecule has 4 nitrogen and oxygen atoms in total. The fourth-order valence-electron chi connectivity index (χ4n) is 1.08. The molecule has 0 aromatic rings. The zero-order valence-electron chi connectivity index (χ0n) is 5.85. The van der Waals surface area contributed by atoms with Crippen molar-refractivity contribution in [1.29, 1.82) is 0 Å². The number of alkyl halides is 1. The van der Waals surface area contributed by atoms with Gasteiger partial charge >= 0.3 is 0 Å². The first-order chi connectivity index (χ1) is 5.16. The van der Waals surface area contributed by atoms with Crippen LogP contribution in [0.2, 0.25) is 0 Å². The number of rotatable bonds is 2. The van der Waals surface area contributed by atoms with Gasteiger partial charge in [0.05, 0.1) is 12.8 Å². The molecule has 4 atom stereocenters. The van der Waals surface area contributed by atoms with Crippen molar-refractivity contribution in [2.45, 2.75) is 31.0 Å². The van der Waals surface area contributed by atoms with Gasteiger partial charge in [0.1, 0.15) is 12.2 Å². The summed E-state index contributed by atoms with van der Waals surface area (Å²) in [5.74, 6) is 0. The Morgan fingerprint density at radius 2 is 1.82 bits per heavy atom. The lowest BCUT2D eigenvalue weighted by molar-refractivity contribution is -0.128. The number of halogens is 1. The molecular weight excluding hydrogens is 155 g/mol. The molecule has 11 heavy (non-hydrogen) atoms. The number of aliphatic hydroxyl groups is 3. The summed E-state index contributed by atoms with van der Waals surface area (Å²) >= 11 is 0. The van der Waals surface area contributed by atoms with Crippen LogP contribution in [0.3, 0.4) is 0 Å². The van der Waals surface area contributed by atoms with E-state index >= 15 is 0 Å². The Morgan fingerprint density at radius 1 is 1.18 bits per heavy atom. The Hall–Kier alpha value is -0.230. The third kappa shape index (κ3) is 1.67. The first-order valence-corrected chi connectivity index (χ1v) is 3.42. The SMILES string of the molecule is OC1C(O)[C@@H](CCF)O[C@H]1O. The van der Waals surface area contributed by atoms with Gasteiger partial charge in [0.2, 0.25) is 0 Å². The lowest BCUT2D eigenvalue weighted by atomic mass is 10.1. The van der Waals surface area contributed by atoms with E-state index in [1.807, 2.05) is 0 Å². The van der Waals surface area contributed by atoms with Crippen LogP contribution in [0.25, 0.3) is 0 Å². The van der Waals surface area contributed by atoms with Crippen LogP contribution in [0.15, 0.2) is 0 Å². The molecular formula is C6H11FO4. The number of ether oxygens (including phenoxy) is 1. The van der Waals surface area contributed by atoms with Gasteiger partial charge in [-0.05, 0) is 0 Å². The summed E-state index contributed by atoms with van der Waals surface area (Å²) in [6, 6.07) is 0. The molecule has 0 saturated carbocycles. The van der Waals surface area contributed by atoms with E-state index in [4.69, 9.17) is 15.3 Å². The van der Waals surface area contributed by atoms with E-state index in [-0.39, 0.29) is 6.42 Å². The highest BCUT2D eigenvalue weighted by Gasteiger charge is 2.41. The highest BCUT2D eigenvalue weighted by Crippen LogP contribution is 2.21. The standard InChI is InChI=1S/C6H11FO4/c7-2-1-3-4(8)5(9)6(10)11-3/h3-6,8-10H,1-2H2/t3-,4?,5?,6-/m1/s1. The molecule has 3 N–H and O–H groups in total. The van der Waals surface area contributed by atoms with Crippen molar-refractivity contribution in [3.63, 3.8) is 0 Å². The van der Waals surface area contributed by atoms with E-state index in [1.54, 1.807) is 0 Å². The summed E-state index contributed by atoms with van der Waals surface area (Å²) < 4.78 is 16.4. The van der Waals surface area contributed by atoms with Crippen LogP contribution in [0.5, 0.6) is 0 Å². The number of hydrogen-bond acceptors (Lipinski definition) is 4. The lowest BCUT2D eigenvalue weighted by Crippen LogP contribution is -2.32. The highest BCUT2D eigenvalue weighted by molar-refractivity contribution is 4.85. The molecule has 2 unspecified atom stereocenters. The Kier molecular flexibility index (Phi) is 2.78. The second-order valence-electron chi connectivity index (χ2n) is 2.52. The Bertz CT molecular complexity index is 132. The second-order valence-corrected chi connectivity index (χ2v) is 2.52. The van der Waals surface area contributed by atoms with Crippen LogP contribution in [-0.2, 0) is 4.74 Å². The van der Waals surface area contributed by atoms with Gasteiger partial charge in [-0.1, -0.05) is 0 Å². The smallest absolute Gasteiger partial charge is 0.183 e. The van der Waals surface area contributed by atoms with Gasteiger partial charge in [0.15, 0.2) is 6.29 Å². The van der Waals surface area contributed by atoms with Crippen LogP contribution in [-0.4, -0.2) is 46.6 Å². The molecule has 0 aliphatic carbocycles. The lowest BCUT2D eigenvalue weighted by Gasteiger charge is -2.11. The molecule has 1 aliphatic rings.